The second-order valence-corrected chi connectivity index (χ2v) is 6.89. The van der Waals surface area contributed by atoms with E-state index in [4.69, 9.17) is 0 Å². The summed E-state index contributed by atoms with van der Waals surface area (Å²) in [6.07, 6.45) is 0.744. The SMILES string of the molecule is O=C(CC1(C(=O)[O-])Cc2ccccc2C1)N1Cc2ccccc2C1.[Na+]. The molecule has 1 amide bonds. The van der Waals surface area contributed by atoms with Gasteiger partial charge >= 0.3 is 29.6 Å². The Bertz CT molecular complexity index is 783. The standard InChI is InChI=1S/C20H19NO3.Na/c22-18(21-12-16-7-3-4-8-17(16)13-21)11-20(19(23)24)9-14-5-1-2-6-15(14)10-20;/h1-8H,9-13H2,(H,23,24);/q;+1/p-1. The van der Waals surface area contributed by atoms with Crippen LogP contribution in [0.2, 0.25) is 0 Å². The van der Waals surface area contributed by atoms with Gasteiger partial charge in [-0.25, -0.2) is 0 Å². The minimum absolute atomic E-state index is 0. The minimum Gasteiger partial charge on any atom is -0.550 e. The second kappa shape index (κ2) is 6.94. The number of hydrogen-bond donors (Lipinski definition) is 0. The van der Waals surface area contributed by atoms with E-state index in [-0.39, 0.29) is 41.9 Å². The summed E-state index contributed by atoms with van der Waals surface area (Å²) in [5, 5.41) is 11.9. The van der Waals surface area contributed by atoms with Crippen LogP contribution >= 0.6 is 0 Å². The Labute approximate surface area is 169 Å². The molecule has 2 aliphatic rings. The first-order valence-electron chi connectivity index (χ1n) is 8.20. The number of carboxylic acid groups (broad SMARTS) is 1. The topological polar surface area (TPSA) is 60.4 Å². The van der Waals surface area contributed by atoms with Crippen molar-refractivity contribution in [2.24, 2.45) is 5.41 Å². The molecular formula is C20H18NNaO3. The van der Waals surface area contributed by atoms with E-state index < -0.39 is 11.4 Å². The first-order valence-corrected chi connectivity index (χ1v) is 8.20. The van der Waals surface area contributed by atoms with Crippen LogP contribution in [0.25, 0.3) is 0 Å². The van der Waals surface area contributed by atoms with Crippen molar-refractivity contribution in [3.05, 3.63) is 70.8 Å². The maximum atomic E-state index is 12.8. The maximum absolute atomic E-state index is 12.8. The average Bonchev–Trinajstić information content (AvgIpc) is 3.16. The molecular weight excluding hydrogens is 325 g/mol. The van der Waals surface area contributed by atoms with Crippen molar-refractivity contribution in [1.29, 1.82) is 0 Å². The van der Waals surface area contributed by atoms with Gasteiger partial charge in [0.25, 0.3) is 0 Å². The molecule has 0 atom stereocenters. The molecule has 0 saturated heterocycles. The summed E-state index contributed by atoms with van der Waals surface area (Å²) in [6.45, 7) is 1.12. The van der Waals surface area contributed by atoms with E-state index in [1.54, 1.807) is 4.90 Å². The summed E-state index contributed by atoms with van der Waals surface area (Å²) in [6, 6.07) is 15.6. The molecule has 1 aliphatic heterocycles. The third-order valence-electron chi connectivity index (χ3n) is 5.29. The number of carboxylic acids is 1. The third kappa shape index (κ3) is 3.26. The zero-order valence-corrected chi connectivity index (χ0v) is 16.3. The van der Waals surface area contributed by atoms with E-state index in [1.165, 1.54) is 0 Å². The molecule has 4 nitrogen and oxygen atoms in total. The van der Waals surface area contributed by atoms with Gasteiger partial charge in [0, 0.05) is 30.9 Å². The minimum atomic E-state index is -1.12. The van der Waals surface area contributed by atoms with Crippen LogP contribution in [0.15, 0.2) is 48.5 Å². The van der Waals surface area contributed by atoms with Crippen LogP contribution in [0.5, 0.6) is 0 Å². The van der Waals surface area contributed by atoms with Crippen LogP contribution in [0.4, 0.5) is 0 Å². The van der Waals surface area contributed by atoms with Gasteiger partial charge in [-0.2, -0.15) is 0 Å². The molecule has 0 N–H and O–H groups in total. The van der Waals surface area contributed by atoms with E-state index in [0.717, 1.165) is 22.3 Å². The molecule has 0 spiro atoms. The molecule has 122 valence electrons. The Hall–Kier alpha value is -1.62. The van der Waals surface area contributed by atoms with Crippen LogP contribution < -0.4 is 34.7 Å². The van der Waals surface area contributed by atoms with Crippen LogP contribution in [-0.2, 0) is 35.5 Å². The van der Waals surface area contributed by atoms with Gasteiger partial charge in [-0.15, -0.1) is 0 Å². The van der Waals surface area contributed by atoms with Crippen molar-refractivity contribution < 1.29 is 44.3 Å². The molecule has 5 heteroatoms. The fourth-order valence-electron chi connectivity index (χ4n) is 3.95. The summed E-state index contributed by atoms with van der Waals surface area (Å²) in [5.41, 5.74) is 3.19. The van der Waals surface area contributed by atoms with Gasteiger partial charge < -0.3 is 14.8 Å². The number of nitrogens with zero attached hydrogens (tertiary/aromatic N) is 1. The van der Waals surface area contributed by atoms with Crippen LogP contribution in [-0.4, -0.2) is 16.8 Å². The zero-order valence-electron chi connectivity index (χ0n) is 14.3. The first kappa shape index (κ1) is 18.2. The molecule has 0 aromatic heterocycles. The van der Waals surface area contributed by atoms with Gasteiger partial charge in [0.1, 0.15) is 0 Å². The Morgan fingerprint density at radius 3 is 1.76 bits per heavy atom. The molecule has 1 heterocycles. The number of carbonyl (C=O) groups excluding carboxylic acids is 2. The molecule has 0 bridgehead atoms. The molecule has 0 unspecified atom stereocenters. The number of hydrogen-bond acceptors (Lipinski definition) is 3. The van der Waals surface area contributed by atoms with Crippen molar-refractivity contribution in [3.63, 3.8) is 0 Å². The summed E-state index contributed by atoms with van der Waals surface area (Å²) >= 11 is 0. The smallest absolute Gasteiger partial charge is 0.550 e. The van der Waals surface area contributed by atoms with Crippen LogP contribution in [0, 0.1) is 5.41 Å². The molecule has 0 fully saturated rings. The van der Waals surface area contributed by atoms with Crippen LogP contribution in [0.1, 0.15) is 28.7 Å². The van der Waals surface area contributed by atoms with E-state index in [2.05, 4.69) is 0 Å². The molecule has 0 radical (unpaired) electrons. The maximum Gasteiger partial charge on any atom is 1.00 e. The predicted molar refractivity (Wildman–Crippen MR) is 86.6 cm³/mol. The quantitative estimate of drug-likeness (QED) is 0.635. The number of aliphatic carboxylic acids is 1. The van der Waals surface area contributed by atoms with Gasteiger partial charge in [-0.05, 0) is 35.1 Å². The Morgan fingerprint density at radius 1 is 0.880 bits per heavy atom. The normalized spacial score (nSPS) is 16.7. The number of amides is 1. The van der Waals surface area contributed by atoms with Crippen molar-refractivity contribution in [2.45, 2.75) is 32.4 Å². The van der Waals surface area contributed by atoms with Gasteiger partial charge in [0.05, 0.1) is 0 Å². The van der Waals surface area contributed by atoms with Crippen molar-refractivity contribution >= 4 is 11.9 Å². The number of benzene rings is 2. The van der Waals surface area contributed by atoms with Gasteiger partial charge in [0.2, 0.25) is 5.91 Å². The fourth-order valence-corrected chi connectivity index (χ4v) is 3.95. The van der Waals surface area contributed by atoms with Gasteiger partial charge in [-0.1, -0.05) is 48.5 Å². The molecule has 0 saturated carbocycles. The Kier molecular flexibility index (Phi) is 5.05. The fraction of sp³-hybridized carbons (Fsp3) is 0.300. The van der Waals surface area contributed by atoms with Crippen molar-refractivity contribution in [3.8, 4) is 0 Å². The number of fused-ring (bicyclic) bond motifs is 2. The van der Waals surface area contributed by atoms with E-state index in [9.17, 15) is 14.7 Å². The first-order chi connectivity index (χ1) is 11.6. The van der Waals surface area contributed by atoms with Crippen molar-refractivity contribution in [2.75, 3.05) is 0 Å². The predicted octanol–water partition coefficient (Wildman–Crippen LogP) is -1.54. The summed E-state index contributed by atoms with van der Waals surface area (Å²) in [4.78, 5) is 26.4. The van der Waals surface area contributed by atoms with Crippen LogP contribution in [0.3, 0.4) is 0 Å². The third-order valence-corrected chi connectivity index (χ3v) is 5.29. The Balaban J connectivity index is 0.00000182. The number of carbonyl (C=O) groups is 2. The average molecular weight is 343 g/mol. The summed E-state index contributed by atoms with van der Waals surface area (Å²) in [5.74, 6) is -1.23. The van der Waals surface area contributed by atoms with Gasteiger partial charge in [0.15, 0.2) is 0 Å². The van der Waals surface area contributed by atoms with E-state index in [1.807, 2.05) is 48.5 Å². The molecule has 2 aromatic rings. The molecule has 1 aliphatic carbocycles. The summed E-state index contributed by atoms with van der Waals surface area (Å²) < 4.78 is 0. The molecule has 4 rings (SSSR count). The molecule has 2 aromatic carbocycles. The number of rotatable bonds is 3. The molecule has 25 heavy (non-hydrogen) atoms. The van der Waals surface area contributed by atoms with Crippen molar-refractivity contribution in [1.82, 2.24) is 4.90 Å². The largest absolute Gasteiger partial charge is 1.00 e. The summed E-state index contributed by atoms with van der Waals surface area (Å²) in [7, 11) is 0. The van der Waals surface area contributed by atoms with E-state index in [0.29, 0.717) is 25.9 Å². The monoisotopic (exact) mass is 343 g/mol. The second-order valence-electron chi connectivity index (χ2n) is 6.89. The van der Waals surface area contributed by atoms with E-state index >= 15 is 0 Å². The zero-order chi connectivity index (χ0) is 16.7. The Morgan fingerprint density at radius 2 is 1.32 bits per heavy atom. The van der Waals surface area contributed by atoms with Gasteiger partial charge in [-0.3, -0.25) is 4.79 Å².